The van der Waals surface area contributed by atoms with Gasteiger partial charge in [0.15, 0.2) is 0 Å². The molecule has 3 aromatic rings. The maximum Gasteiger partial charge on any atom is 0.218 e. The highest BCUT2D eigenvalue weighted by atomic mass is 16.1. The van der Waals surface area contributed by atoms with E-state index in [0.717, 1.165) is 22.2 Å². The van der Waals surface area contributed by atoms with Crippen molar-refractivity contribution in [3.05, 3.63) is 66.0 Å². The Hall–Kier alpha value is -2.62. The molecule has 100 valence electrons. The van der Waals surface area contributed by atoms with Crippen LogP contribution in [0.5, 0.6) is 0 Å². The van der Waals surface area contributed by atoms with Gasteiger partial charge in [0.2, 0.25) is 5.91 Å². The number of hydrogen-bond donors (Lipinski definition) is 2. The average Bonchev–Trinajstić information content (AvgIpc) is 2.89. The van der Waals surface area contributed by atoms with E-state index in [-0.39, 0.29) is 18.2 Å². The third-order valence-electron chi connectivity index (χ3n) is 3.45. The first kappa shape index (κ1) is 12.4. The van der Waals surface area contributed by atoms with E-state index in [2.05, 4.69) is 9.97 Å². The second-order valence-corrected chi connectivity index (χ2v) is 4.78. The van der Waals surface area contributed by atoms with Crippen molar-refractivity contribution in [2.24, 2.45) is 5.73 Å². The molecule has 20 heavy (non-hydrogen) atoms. The predicted octanol–water partition coefficient (Wildman–Crippen LogP) is 2.57. The van der Waals surface area contributed by atoms with Crippen molar-refractivity contribution >= 4 is 16.9 Å². The van der Waals surface area contributed by atoms with Gasteiger partial charge in [0.05, 0.1) is 11.0 Å². The zero-order valence-corrected chi connectivity index (χ0v) is 10.9. The molecule has 0 fully saturated rings. The van der Waals surface area contributed by atoms with Crippen LogP contribution in [0.3, 0.4) is 0 Å². The number of primary amides is 1. The molecule has 2 aromatic heterocycles. The number of fused-ring (bicyclic) bond motifs is 1. The predicted molar refractivity (Wildman–Crippen MR) is 78.2 cm³/mol. The molecule has 0 aliphatic rings. The number of benzene rings is 1. The van der Waals surface area contributed by atoms with Crippen LogP contribution in [0.2, 0.25) is 0 Å². The Balaban J connectivity index is 2.12. The van der Waals surface area contributed by atoms with E-state index < -0.39 is 0 Å². The minimum Gasteiger partial charge on any atom is -0.370 e. The van der Waals surface area contributed by atoms with Crippen molar-refractivity contribution in [2.75, 3.05) is 0 Å². The fraction of sp³-hybridized carbons (Fsp3) is 0.125. The molecule has 4 heteroatoms. The standard InChI is InChI=1S/C16H15N3O/c17-15(20)9-12(11-5-2-1-3-6-11)13-10-19-14-7-4-8-18-16(13)14/h1-8,10,12,19H,9H2,(H2,17,20). The van der Waals surface area contributed by atoms with Crippen LogP contribution < -0.4 is 5.73 Å². The van der Waals surface area contributed by atoms with Crippen LogP contribution in [0.4, 0.5) is 0 Å². The summed E-state index contributed by atoms with van der Waals surface area (Å²) in [4.78, 5) is 19.0. The molecule has 0 saturated heterocycles. The number of hydrogen-bond acceptors (Lipinski definition) is 2. The SMILES string of the molecule is NC(=O)CC(c1ccccc1)c1c[nH]c2cccnc12. The summed E-state index contributed by atoms with van der Waals surface area (Å²) in [6, 6.07) is 13.8. The van der Waals surface area contributed by atoms with Crippen molar-refractivity contribution in [2.45, 2.75) is 12.3 Å². The zero-order valence-electron chi connectivity index (χ0n) is 10.9. The summed E-state index contributed by atoms with van der Waals surface area (Å²) in [5.41, 5.74) is 9.34. The molecule has 3 N–H and O–H groups in total. The lowest BCUT2D eigenvalue weighted by molar-refractivity contribution is -0.118. The third kappa shape index (κ3) is 2.28. The first-order valence-corrected chi connectivity index (χ1v) is 6.51. The molecule has 0 radical (unpaired) electrons. The number of pyridine rings is 1. The van der Waals surface area contributed by atoms with Crippen molar-refractivity contribution in [1.29, 1.82) is 0 Å². The van der Waals surface area contributed by atoms with Crippen LogP contribution in [0.25, 0.3) is 11.0 Å². The first-order valence-electron chi connectivity index (χ1n) is 6.51. The van der Waals surface area contributed by atoms with E-state index in [4.69, 9.17) is 5.73 Å². The summed E-state index contributed by atoms with van der Waals surface area (Å²) >= 11 is 0. The maximum absolute atomic E-state index is 11.4. The number of carbonyl (C=O) groups excluding carboxylic acids is 1. The third-order valence-corrected chi connectivity index (χ3v) is 3.45. The van der Waals surface area contributed by atoms with Crippen molar-refractivity contribution in [1.82, 2.24) is 9.97 Å². The number of aromatic nitrogens is 2. The summed E-state index contributed by atoms with van der Waals surface area (Å²) in [6.07, 6.45) is 3.94. The molecule has 1 atom stereocenters. The van der Waals surface area contributed by atoms with Gasteiger partial charge in [-0.05, 0) is 17.7 Å². The number of H-pyrrole nitrogens is 1. The Labute approximate surface area is 116 Å². The number of nitrogens with zero attached hydrogens (tertiary/aromatic N) is 1. The van der Waals surface area contributed by atoms with Gasteiger partial charge in [-0.1, -0.05) is 30.3 Å². The molecule has 0 aliphatic heterocycles. The number of aromatic amines is 1. The summed E-state index contributed by atoms with van der Waals surface area (Å²) in [7, 11) is 0. The van der Waals surface area contributed by atoms with Crippen LogP contribution in [0, 0.1) is 0 Å². The van der Waals surface area contributed by atoms with Gasteiger partial charge in [0.1, 0.15) is 0 Å². The number of nitrogens with two attached hydrogens (primary N) is 1. The summed E-state index contributed by atoms with van der Waals surface area (Å²) in [5, 5.41) is 0. The smallest absolute Gasteiger partial charge is 0.218 e. The Morgan fingerprint density at radius 2 is 2.00 bits per heavy atom. The molecule has 0 bridgehead atoms. The van der Waals surface area contributed by atoms with Crippen molar-refractivity contribution in [3.8, 4) is 0 Å². The molecule has 0 spiro atoms. The molecular formula is C16H15N3O. The summed E-state index contributed by atoms with van der Waals surface area (Å²) in [6.45, 7) is 0. The molecule has 3 rings (SSSR count). The molecule has 2 heterocycles. The molecule has 0 saturated carbocycles. The Kier molecular flexibility index (Phi) is 3.21. The molecule has 4 nitrogen and oxygen atoms in total. The monoisotopic (exact) mass is 265 g/mol. The van der Waals surface area contributed by atoms with Crippen LogP contribution in [0.15, 0.2) is 54.9 Å². The van der Waals surface area contributed by atoms with Gasteiger partial charge < -0.3 is 10.7 Å². The highest BCUT2D eigenvalue weighted by Gasteiger charge is 2.20. The molecule has 1 amide bonds. The van der Waals surface area contributed by atoms with E-state index >= 15 is 0 Å². The zero-order chi connectivity index (χ0) is 13.9. The largest absolute Gasteiger partial charge is 0.370 e. The van der Waals surface area contributed by atoms with Gasteiger partial charge in [-0.2, -0.15) is 0 Å². The first-order chi connectivity index (χ1) is 9.75. The minimum atomic E-state index is -0.316. The molecule has 0 aliphatic carbocycles. The lowest BCUT2D eigenvalue weighted by Gasteiger charge is -2.14. The quantitative estimate of drug-likeness (QED) is 0.761. The normalized spacial score (nSPS) is 12.4. The van der Waals surface area contributed by atoms with E-state index in [1.807, 2.05) is 48.7 Å². The summed E-state index contributed by atoms with van der Waals surface area (Å²) < 4.78 is 0. The highest BCUT2D eigenvalue weighted by molar-refractivity contribution is 5.82. The van der Waals surface area contributed by atoms with Crippen LogP contribution >= 0.6 is 0 Å². The van der Waals surface area contributed by atoms with Crippen LogP contribution in [-0.2, 0) is 4.79 Å². The van der Waals surface area contributed by atoms with E-state index in [1.54, 1.807) is 6.20 Å². The van der Waals surface area contributed by atoms with E-state index in [1.165, 1.54) is 0 Å². The summed E-state index contributed by atoms with van der Waals surface area (Å²) in [5.74, 6) is -0.388. The van der Waals surface area contributed by atoms with Crippen LogP contribution in [0.1, 0.15) is 23.5 Å². The topological polar surface area (TPSA) is 71.8 Å². The second kappa shape index (κ2) is 5.17. The Morgan fingerprint density at radius 3 is 2.75 bits per heavy atom. The maximum atomic E-state index is 11.4. The minimum absolute atomic E-state index is 0.0719. The van der Waals surface area contributed by atoms with Gasteiger partial charge in [-0.3, -0.25) is 9.78 Å². The second-order valence-electron chi connectivity index (χ2n) is 4.78. The van der Waals surface area contributed by atoms with E-state index in [0.29, 0.717) is 0 Å². The van der Waals surface area contributed by atoms with Crippen LogP contribution in [-0.4, -0.2) is 15.9 Å². The van der Waals surface area contributed by atoms with E-state index in [9.17, 15) is 4.79 Å². The lowest BCUT2D eigenvalue weighted by Crippen LogP contribution is -2.16. The number of nitrogens with one attached hydrogen (secondary N) is 1. The Bertz CT molecular complexity index is 734. The molecule has 1 unspecified atom stereocenters. The number of amides is 1. The van der Waals surface area contributed by atoms with Gasteiger partial charge in [-0.15, -0.1) is 0 Å². The number of rotatable bonds is 4. The van der Waals surface area contributed by atoms with Crippen molar-refractivity contribution < 1.29 is 4.79 Å². The van der Waals surface area contributed by atoms with Gasteiger partial charge in [0.25, 0.3) is 0 Å². The average molecular weight is 265 g/mol. The highest BCUT2D eigenvalue weighted by Crippen LogP contribution is 2.31. The fourth-order valence-electron chi connectivity index (χ4n) is 2.54. The van der Waals surface area contributed by atoms with Gasteiger partial charge >= 0.3 is 0 Å². The number of carbonyl (C=O) groups is 1. The van der Waals surface area contributed by atoms with Gasteiger partial charge in [-0.25, -0.2) is 0 Å². The van der Waals surface area contributed by atoms with Crippen molar-refractivity contribution in [3.63, 3.8) is 0 Å². The van der Waals surface area contributed by atoms with Gasteiger partial charge in [0, 0.05) is 30.3 Å². The molecule has 1 aromatic carbocycles. The Morgan fingerprint density at radius 1 is 1.20 bits per heavy atom. The lowest BCUT2D eigenvalue weighted by atomic mass is 9.89. The molecular weight excluding hydrogens is 250 g/mol. The fourth-order valence-corrected chi connectivity index (χ4v) is 2.54.